The Hall–Kier alpha value is -2.47. The lowest BCUT2D eigenvalue weighted by Crippen LogP contribution is -2.48. The highest BCUT2D eigenvalue weighted by molar-refractivity contribution is 5.99. The van der Waals surface area contributed by atoms with Crippen molar-refractivity contribution < 1.29 is 29.0 Å². The Labute approximate surface area is 212 Å². The van der Waals surface area contributed by atoms with Gasteiger partial charge in [0.15, 0.2) is 5.78 Å². The summed E-state index contributed by atoms with van der Waals surface area (Å²) < 4.78 is 11.5. The fraction of sp³-hybridized carbons (Fsp3) is 0.633. The van der Waals surface area contributed by atoms with Gasteiger partial charge < -0.3 is 14.6 Å². The van der Waals surface area contributed by atoms with E-state index in [0.29, 0.717) is 24.8 Å². The van der Waals surface area contributed by atoms with Gasteiger partial charge in [0.1, 0.15) is 11.7 Å². The summed E-state index contributed by atoms with van der Waals surface area (Å²) in [6.45, 7) is 9.89. The molecule has 36 heavy (non-hydrogen) atoms. The fourth-order valence-corrected chi connectivity index (χ4v) is 8.81. The number of ketones is 1. The van der Waals surface area contributed by atoms with Crippen molar-refractivity contribution in [2.75, 3.05) is 0 Å². The minimum absolute atomic E-state index is 0.00792. The molecule has 4 aliphatic carbocycles. The highest BCUT2D eigenvalue weighted by atomic mass is 16.6. The van der Waals surface area contributed by atoms with Crippen LogP contribution < -0.4 is 0 Å². The van der Waals surface area contributed by atoms with Crippen molar-refractivity contribution in [1.29, 1.82) is 0 Å². The summed E-state index contributed by atoms with van der Waals surface area (Å²) in [7, 11) is 0. The van der Waals surface area contributed by atoms with Crippen molar-refractivity contribution >= 4 is 17.7 Å². The summed E-state index contributed by atoms with van der Waals surface area (Å²) in [5.41, 5.74) is 1.49. The van der Waals surface area contributed by atoms with Crippen LogP contribution in [0.25, 0.3) is 0 Å². The molecular weight excluding hydrogens is 456 g/mol. The van der Waals surface area contributed by atoms with Gasteiger partial charge in [0.25, 0.3) is 0 Å². The summed E-state index contributed by atoms with van der Waals surface area (Å²) in [6, 6.07) is 0. The average Bonchev–Trinajstić information content (AvgIpc) is 2.86. The quantitative estimate of drug-likeness (QED) is 0.505. The van der Waals surface area contributed by atoms with Gasteiger partial charge in [-0.15, -0.1) is 0 Å². The van der Waals surface area contributed by atoms with Crippen LogP contribution in [0.4, 0.5) is 0 Å². The molecule has 0 aromatic heterocycles. The number of aliphatic hydroxyl groups is 1. The Morgan fingerprint density at radius 3 is 2.56 bits per heavy atom. The number of hydrogen-bond acceptors (Lipinski definition) is 6. The van der Waals surface area contributed by atoms with E-state index in [1.54, 1.807) is 6.92 Å². The number of rotatable bonds is 0. The Kier molecular flexibility index (Phi) is 5.00. The molecule has 0 spiro atoms. The molecule has 2 heterocycles. The number of carbonyl (C=O) groups excluding carboxylic acids is 3. The predicted octanol–water partition coefficient (Wildman–Crippen LogP) is 4.39. The molecule has 2 aliphatic heterocycles. The zero-order valence-electron chi connectivity index (χ0n) is 21.8. The second kappa shape index (κ2) is 7.53. The number of hydrogen-bond donors (Lipinski definition) is 1. The van der Waals surface area contributed by atoms with Crippen molar-refractivity contribution in [2.24, 2.45) is 35.0 Å². The van der Waals surface area contributed by atoms with Gasteiger partial charge in [-0.05, 0) is 75.4 Å². The van der Waals surface area contributed by atoms with E-state index < -0.39 is 11.2 Å². The molecule has 6 heteroatoms. The van der Waals surface area contributed by atoms with Crippen LogP contribution in [0.15, 0.2) is 46.6 Å². The van der Waals surface area contributed by atoms with E-state index in [1.165, 1.54) is 6.08 Å². The number of allylic oxidation sites excluding steroid dienone is 2. The molecule has 1 N–H and O–H groups in total. The number of Topliss-reactive ketones (excluding diaryl/α,β-unsaturated/α-hetero) is 1. The van der Waals surface area contributed by atoms with Crippen molar-refractivity contribution in [3.8, 4) is 0 Å². The second-order valence-electron chi connectivity index (χ2n) is 12.9. The van der Waals surface area contributed by atoms with Crippen LogP contribution >= 0.6 is 0 Å². The van der Waals surface area contributed by atoms with Crippen LogP contribution in [0.5, 0.6) is 0 Å². The van der Waals surface area contributed by atoms with Gasteiger partial charge in [0.2, 0.25) is 0 Å². The predicted molar refractivity (Wildman–Crippen MR) is 132 cm³/mol. The molecule has 1 fully saturated rings. The maximum Gasteiger partial charge on any atom is 0.333 e. The molecule has 0 amide bonds. The second-order valence-corrected chi connectivity index (χ2v) is 12.9. The largest absolute Gasteiger partial charge is 0.458 e. The van der Waals surface area contributed by atoms with E-state index in [9.17, 15) is 19.5 Å². The van der Waals surface area contributed by atoms with Crippen LogP contribution in [-0.2, 0) is 23.9 Å². The monoisotopic (exact) mass is 492 g/mol. The van der Waals surface area contributed by atoms with Crippen LogP contribution in [0.1, 0.15) is 66.7 Å². The summed E-state index contributed by atoms with van der Waals surface area (Å²) in [4.78, 5) is 38.2. The first kappa shape index (κ1) is 23.9. The van der Waals surface area contributed by atoms with E-state index in [4.69, 9.17) is 9.47 Å². The fourth-order valence-electron chi connectivity index (χ4n) is 8.81. The Morgan fingerprint density at radius 2 is 1.81 bits per heavy atom. The summed E-state index contributed by atoms with van der Waals surface area (Å²) >= 11 is 0. The molecule has 0 radical (unpaired) electrons. The third kappa shape index (κ3) is 3.22. The standard InChI is InChI=1S/C30H36O6/c1-15-10-18-11-19-21-13-30(34)12-17-6-9-24(32)36-28(3,4)20(17)7-8-23(30)29(21,5)14-22(31)25(19)16(2)26(18)35-27(15)33/h6,9-10,12,16,18,20-21,23,26,34H,7-8,11,13-14H2,1-5H3/t16-,18+,20+,21-,23-,26+,29+,30-/m0/s1. The van der Waals surface area contributed by atoms with Crippen LogP contribution in [0, 0.1) is 35.0 Å². The minimum Gasteiger partial charge on any atom is -0.458 e. The SMILES string of the molecule is CC1=C[C@@H]2CC3=C(C(=O)C[C@]4(C)[C@H]3C[C@@]3(O)C=C5C=CC(=O)OC(C)(C)[C@@H]5CC[C@@H]43)[C@H](C)[C@H]2OC1=O. The van der Waals surface area contributed by atoms with Gasteiger partial charge in [-0.3, -0.25) is 4.79 Å². The Balaban J connectivity index is 1.43. The zero-order chi connectivity index (χ0) is 25.8. The Bertz CT molecular complexity index is 1200. The first-order valence-corrected chi connectivity index (χ1v) is 13.4. The molecule has 8 atom stereocenters. The van der Waals surface area contributed by atoms with Gasteiger partial charge in [-0.1, -0.05) is 31.6 Å². The maximum atomic E-state index is 13.7. The molecule has 0 aromatic carbocycles. The molecule has 0 bridgehead atoms. The molecule has 0 unspecified atom stereocenters. The Morgan fingerprint density at radius 1 is 1.06 bits per heavy atom. The third-order valence-corrected chi connectivity index (χ3v) is 10.4. The summed E-state index contributed by atoms with van der Waals surface area (Å²) in [5, 5.41) is 12.3. The minimum atomic E-state index is -1.06. The number of carbonyl (C=O) groups is 3. The molecule has 0 saturated heterocycles. The lowest BCUT2D eigenvalue weighted by atomic mass is 9.56. The number of fused-ring (bicyclic) bond motifs is 6. The van der Waals surface area contributed by atoms with Crippen molar-refractivity contribution in [3.05, 3.63) is 46.6 Å². The summed E-state index contributed by atoms with van der Waals surface area (Å²) in [6.07, 6.45) is 10.2. The van der Waals surface area contributed by atoms with E-state index in [0.717, 1.165) is 29.6 Å². The molecule has 6 aliphatic rings. The van der Waals surface area contributed by atoms with E-state index in [-0.39, 0.29) is 58.8 Å². The van der Waals surface area contributed by atoms with Crippen LogP contribution in [0.2, 0.25) is 0 Å². The van der Waals surface area contributed by atoms with Crippen molar-refractivity contribution in [3.63, 3.8) is 0 Å². The van der Waals surface area contributed by atoms with E-state index >= 15 is 0 Å². The first-order chi connectivity index (χ1) is 16.8. The van der Waals surface area contributed by atoms with Gasteiger partial charge in [0.05, 0.1) is 5.60 Å². The van der Waals surface area contributed by atoms with E-state index in [2.05, 4.69) is 6.92 Å². The first-order valence-electron chi connectivity index (χ1n) is 13.4. The topological polar surface area (TPSA) is 89.9 Å². The molecule has 1 saturated carbocycles. The summed E-state index contributed by atoms with van der Waals surface area (Å²) in [5.74, 6) is -0.587. The lowest BCUT2D eigenvalue weighted by molar-refractivity contribution is -0.153. The van der Waals surface area contributed by atoms with Crippen LogP contribution in [-0.4, -0.2) is 40.1 Å². The highest BCUT2D eigenvalue weighted by Gasteiger charge is 2.64. The molecule has 6 nitrogen and oxygen atoms in total. The van der Waals surface area contributed by atoms with E-state index in [1.807, 2.05) is 39.0 Å². The maximum absolute atomic E-state index is 13.7. The number of esters is 2. The van der Waals surface area contributed by atoms with Crippen molar-refractivity contribution in [2.45, 2.75) is 84.0 Å². The van der Waals surface area contributed by atoms with Crippen LogP contribution in [0.3, 0.4) is 0 Å². The normalized spacial score (nSPS) is 45.0. The van der Waals surface area contributed by atoms with Gasteiger partial charge in [0, 0.05) is 41.4 Å². The van der Waals surface area contributed by atoms with Gasteiger partial charge in [-0.25, -0.2) is 9.59 Å². The average molecular weight is 493 g/mol. The lowest BCUT2D eigenvalue weighted by Gasteiger charge is -2.48. The molecule has 0 aromatic rings. The highest BCUT2D eigenvalue weighted by Crippen LogP contribution is 2.65. The van der Waals surface area contributed by atoms with Gasteiger partial charge >= 0.3 is 11.9 Å². The zero-order valence-corrected chi connectivity index (χ0v) is 21.8. The van der Waals surface area contributed by atoms with Gasteiger partial charge in [-0.2, -0.15) is 0 Å². The number of cyclic esters (lactones) is 1. The number of ether oxygens (including phenoxy) is 2. The molecular formula is C30H36O6. The van der Waals surface area contributed by atoms with Crippen molar-refractivity contribution in [1.82, 2.24) is 0 Å². The smallest absolute Gasteiger partial charge is 0.333 e. The molecule has 6 rings (SSSR count). The third-order valence-electron chi connectivity index (χ3n) is 10.4. The molecule has 192 valence electrons.